The quantitative estimate of drug-likeness (QED) is 0.703. The molecule has 0 bridgehead atoms. The lowest BCUT2D eigenvalue weighted by Crippen LogP contribution is -2.48. The van der Waals surface area contributed by atoms with Gasteiger partial charge in [0.05, 0.1) is 17.1 Å². The smallest absolute Gasteiger partial charge is 0.251 e. The first-order valence-electron chi connectivity index (χ1n) is 10.4. The van der Waals surface area contributed by atoms with E-state index < -0.39 is 10.0 Å². The van der Waals surface area contributed by atoms with E-state index in [1.54, 1.807) is 18.2 Å². The van der Waals surface area contributed by atoms with Crippen molar-refractivity contribution in [3.8, 4) is 0 Å². The van der Waals surface area contributed by atoms with E-state index in [1.165, 1.54) is 36.1 Å². The maximum Gasteiger partial charge on any atom is 0.251 e. The number of carbonyl (C=O) groups is 1. The summed E-state index contributed by atoms with van der Waals surface area (Å²) in [5.74, 6) is 0.593. The first kappa shape index (κ1) is 21.3. The zero-order valence-electron chi connectivity index (χ0n) is 16.9. The number of carbonyl (C=O) groups excluding carboxylic acids is 1. The predicted molar refractivity (Wildman–Crippen MR) is 109 cm³/mol. The molecule has 2 aliphatic rings. The van der Waals surface area contributed by atoms with Gasteiger partial charge in [-0.05, 0) is 50.8 Å². The van der Waals surface area contributed by atoms with E-state index in [1.807, 2.05) is 13.8 Å². The predicted octanol–water partition coefficient (Wildman–Crippen LogP) is 3.18. The lowest BCUT2D eigenvalue weighted by Gasteiger charge is -2.34. The molecule has 156 valence electrons. The Balaban J connectivity index is 1.60. The van der Waals surface area contributed by atoms with Crippen LogP contribution in [0, 0.1) is 5.92 Å². The molecule has 0 spiro atoms. The zero-order valence-corrected chi connectivity index (χ0v) is 17.7. The number of sulfonamides is 1. The van der Waals surface area contributed by atoms with Gasteiger partial charge in [-0.15, -0.1) is 0 Å². The van der Waals surface area contributed by atoms with Crippen LogP contribution in [-0.2, 0) is 14.8 Å². The Morgan fingerprint density at radius 2 is 1.86 bits per heavy atom. The molecular weight excluding hydrogens is 376 g/mol. The maximum atomic E-state index is 13.0. The highest BCUT2D eigenvalue weighted by Gasteiger charge is 2.32. The van der Waals surface area contributed by atoms with Gasteiger partial charge in [0, 0.05) is 25.2 Å². The second-order valence-corrected chi connectivity index (χ2v) is 10.1. The molecule has 2 atom stereocenters. The van der Waals surface area contributed by atoms with Crippen LogP contribution in [0.4, 0.5) is 0 Å². The fourth-order valence-electron chi connectivity index (χ4n) is 4.27. The van der Waals surface area contributed by atoms with Gasteiger partial charge in [-0.25, -0.2) is 8.42 Å². The van der Waals surface area contributed by atoms with Crippen molar-refractivity contribution in [1.29, 1.82) is 0 Å². The average molecular weight is 409 g/mol. The van der Waals surface area contributed by atoms with Crippen LogP contribution < -0.4 is 5.32 Å². The topological polar surface area (TPSA) is 75.7 Å². The van der Waals surface area contributed by atoms with E-state index >= 15 is 0 Å². The fraction of sp³-hybridized carbons (Fsp3) is 0.667. The van der Waals surface area contributed by atoms with Crippen LogP contribution in [-0.4, -0.2) is 50.5 Å². The maximum absolute atomic E-state index is 13.0. The molecule has 0 unspecified atom stereocenters. The molecule has 1 aliphatic heterocycles. The Morgan fingerprint density at radius 3 is 2.54 bits per heavy atom. The SMILES string of the molecule is C[C@@H]1CN(S(=O)(=O)c2cccc(C(=O)NCCCC3CCCC3)c2)C[C@H](C)O1. The summed E-state index contributed by atoms with van der Waals surface area (Å²) in [6.45, 7) is 5.01. The molecule has 3 rings (SSSR count). The number of ether oxygens (including phenoxy) is 1. The Labute approximate surface area is 168 Å². The summed E-state index contributed by atoms with van der Waals surface area (Å²) >= 11 is 0. The van der Waals surface area contributed by atoms with E-state index in [4.69, 9.17) is 4.74 Å². The van der Waals surface area contributed by atoms with Crippen LogP contribution in [0.3, 0.4) is 0 Å². The summed E-state index contributed by atoms with van der Waals surface area (Å²) in [6.07, 6.45) is 7.12. The minimum absolute atomic E-state index is 0.148. The monoisotopic (exact) mass is 408 g/mol. The second kappa shape index (κ2) is 9.37. The summed E-state index contributed by atoms with van der Waals surface area (Å²) in [6, 6.07) is 6.33. The molecule has 28 heavy (non-hydrogen) atoms. The lowest BCUT2D eigenvalue weighted by atomic mass is 10.0. The largest absolute Gasteiger partial charge is 0.373 e. The molecule has 1 amide bonds. The van der Waals surface area contributed by atoms with Crippen LogP contribution in [0.25, 0.3) is 0 Å². The van der Waals surface area contributed by atoms with Crippen LogP contribution in [0.2, 0.25) is 0 Å². The number of nitrogens with one attached hydrogen (secondary N) is 1. The zero-order chi connectivity index (χ0) is 20.1. The van der Waals surface area contributed by atoms with E-state index in [0.717, 1.165) is 18.8 Å². The molecule has 1 saturated heterocycles. The third kappa shape index (κ3) is 5.33. The van der Waals surface area contributed by atoms with Crippen molar-refractivity contribution in [2.75, 3.05) is 19.6 Å². The third-order valence-electron chi connectivity index (χ3n) is 5.67. The molecule has 7 heteroatoms. The molecule has 1 aliphatic carbocycles. The summed E-state index contributed by atoms with van der Waals surface area (Å²) in [5.41, 5.74) is 0.385. The van der Waals surface area contributed by atoms with Crippen molar-refractivity contribution in [3.05, 3.63) is 29.8 Å². The lowest BCUT2D eigenvalue weighted by molar-refractivity contribution is -0.0440. The van der Waals surface area contributed by atoms with Gasteiger partial charge in [-0.3, -0.25) is 4.79 Å². The minimum atomic E-state index is -3.65. The Morgan fingerprint density at radius 1 is 1.18 bits per heavy atom. The number of morpholine rings is 1. The van der Waals surface area contributed by atoms with Gasteiger partial charge < -0.3 is 10.1 Å². The standard InChI is InChI=1S/C21H32N2O4S/c1-16-14-23(15-17(2)27-16)28(25,26)20-11-5-10-19(13-20)21(24)22-12-6-9-18-7-3-4-8-18/h5,10-11,13,16-18H,3-4,6-9,12,14-15H2,1-2H3,(H,22,24)/t16-,17+. The van der Waals surface area contributed by atoms with Gasteiger partial charge in [0.2, 0.25) is 10.0 Å². The number of hydrogen-bond donors (Lipinski definition) is 1. The van der Waals surface area contributed by atoms with Crippen molar-refractivity contribution >= 4 is 15.9 Å². The normalized spacial score (nSPS) is 24.4. The van der Waals surface area contributed by atoms with Crippen LogP contribution in [0.15, 0.2) is 29.2 Å². The molecule has 0 radical (unpaired) electrons. The van der Waals surface area contributed by atoms with E-state index in [2.05, 4.69) is 5.32 Å². The summed E-state index contributed by atoms with van der Waals surface area (Å²) in [4.78, 5) is 12.6. The van der Waals surface area contributed by atoms with Crippen molar-refractivity contribution in [2.45, 2.75) is 69.5 Å². The number of hydrogen-bond acceptors (Lipinski definition) is 4. The second-order valence-electron chi connectivity index (χ2n) is 8.16. The van der Waals surface area contributed by atoms with Crippen molar-refractivity contribution in [2.24, 2.45) is 5.92 Å². The molecule has 6 nitrogen and oxygen atoms in total. The molecule has 1 aromatic rings. The highest BCUT2D eigenvalue weighted by Crippen LogP contribution is 2.28. The number of rotatable bonds is 7. The molecule has 1 aromatic carbocycles. The summed E-state index contributed by atoms with van der Waals surface area (Å²) in [5, 5.41) is 2.93. The van der Waals surface area contributed by atoms with E-state index in [0.29, 0.717) is 25.2 Å². The van der Waals surface area contributed by atoms with Crippen molar-refractivity contribution < 1.29 is 17.9 Å². The van der Waals surface area contributed by atoms with Gasteiger partial charge in [-0.2, -0.15) is 4.31 Å². The van der Waals surface area contributed by atoms with Crippen LogP contribution in [0.5, 0.6) is 0 Å². The molecule has 1 heterocycles. The first-order chi connectivity index (χ1) is 13.4. The fourth-order valence-corrected chi connectivity index (χ4v) is 5.90. The van der Waals surface area contributed by atoms with Crippen molar-refractivity contribution in [3.63, 3.8) is 0 Å². The highest BCUT2D eigenvalue weighted by atomic mass is 32.2. The molecule has 2 fully saturated rings. The first-order valence-corrected chi connectivity index (χ1v) is 11.8. The molecule has 0 aromatic heterocycles. The average Bonchev–Trinajstić information content (AvgIpc) is 3.18. The van der Waals surface area contributed by atoms with Gasteiger partial charge in [0.15, 0.2) is 0 Å². The Bertz CT molecular complexity index is 764. The number of amides is 1. The number of benzene rings is 1. The van der Waals surface area contributed by atoms with E-state index in [-0.39, 0.29) is 23.0 Å². The van der Waals surface area contributed by atoms with Gasteiger partial charge in [0.1, 0.15) is 0 Å². The van der Waals surface area contributed by atoms with Gasteiger partial charge in [0.25, 0.3) is 5.91 Å². The third-order valence-corrected chi connectivity index (χ3v) is 7.50. The molecular formula is C21H32N2O4S. The number of nitrogens with zero attached hydrogens (tertiary/aromatic N) is 1. The van der Waals surface area contributed by atoms with Crippen LogP contribution >= 0.6 is 0 Å². The van der Waals surface area contributed by atoms with Gasteiger partial charge >= 0.3 is 0 Å². The molecule has 1 N–H and O–H groups in total. The molecule has 1 saturated carbocycles. The minimum Gasteiger partial charge on any atom is -0.373 e. The Hall–Kier alpha value is -1.44. The Kier molecular flexibility index (Phi) is 7.12. The summed E-state index contributed by atoms with van der Waals surface area (Å²) in [7, 11) is -3.65. The highest BCUT2D eigenvalue weighted by molar-refractivity contribution is 7.89. The van der Waals surface area contributed by atoms with E-state index in [9.17, 15) is 13.2 Å². The van der Waals surface area contributed by atoms with Gasteiger partial charge in [-0.1, -0.05) is 31.7 Å². The van der Waals surface area contributed by atoms with Crippen LogP contribution in [0.1, 0.15) is 62.7 Å². The van der Waals surface area contributed by atoms with Crippen molar-refractivity contribution in [1.82, 2.24) is 9.62 Å². The summed E-state index contributed by atoms with van der Waals surface area (Å²) < 4.78 is 33.1.